The van der Waals surface area contributed by atoms with Gasteiger partial charge in [0.15, 0.2) is 0 Å². The number of hydrogen-bond acceptors (Lipinski definition) is 3. The van der Waals surface area contributed by atoms with Crippen molar-refractivity contribution >= 4 is 18.4 Å². The van der Waals surface area contributed by atoms with Crippen LogP contribution in [0.5, 0.6) is 0 Å². The normalized spacial score (nSPS) is 22.1. The summed E-state index contributed by atoms with van der Waals surface area (Å²) in [6, 6.07) is 11.9. The molecule has 0 N–H and O–H groups in total. The van der Waals surface area contributed by atoms with Crippen molar-refractivity contribution in [3.8, 4) is 0 Å². The molecular weight excluding hydrogens is 429 g/mol. The van der Waals surface area contributed by atoms with E-state index in [4.69, 9.17) is 4.99 Å². The van der Waals surface area contributed by atoms with E-state index in [0.29, 0.717) is 42.0 Å². The molecule has 0 aromatic heterocycles. The fraction of sp³-hybridized carbons (Fsp3) is 0.423. The van der Waals surface area contributed by atoms with E-state index in [9.17, 15) is 22.8 Å². The SMILES string of the molecule is CCC(c1ccc(C=O)cc1)N(C=O)C1(/N=C(\C)c2ccc(C(F)(F)F)cc2)CCC(C)C1. The third-order valence-electron chi connectivity index (χ3n) is 6.49. The first-order chi connectivity index (χ1) is 15.6. The zero-order chi connectivity index (χ0) is 24.2. The van der Waals surface area contributed by atoms with Crippen molar-refractivity contribution in [2.24, 2.45) is 10.9 Å². The highest BCUT2D eigenvalue weighted by molar-refractivity contribution is 5.99. The van der Waals surface area contributed by atoms with Gasteiger partial charge in [0.2, 0.25) is 6.41 Å². The van der Waals surface area contributed by atoms with Crippen LogP contribution in [-0.4, -0.2) is 29.0 Å². The molecule has 176 valence electrons. The summed E-state index contributed by atoms with van der Waals surface area (Å²) in [5.41, 5.74) is 1.18. The topological polar surface area (TPSA) is 49.7 Å². The maximum atomic E-state index is 12.9. The van der Waals surface area contributed by atoms with Crippen LogP contribution in [0.4, 0.5) is 13.2 Å². The van der Waals surface area contributed by atoms with Gasteiger partial charge in [-0.1, -0.05) is 50.2 Å². The van der Waals surface area contributed by atoms with E-state index >= 15 is 0 Å². The number of aliphatic imine (C=N–C) groups is 1. The van der Waals surface area contributed by atoms with Gasteiger partial charge in [-0.3, -0.25) is 14.6 Å². The lowest BCUT2D eigenvalue weighted by molar-refractivity contribution is -0.137. The van der Waals surface area contributed by atoms with Gasteiger partial charge in [-0.05, 0) is 61.8 Å². The minimum atomic E-state index is -4.40. The maximum Gasteiger partial charge on any atom is 0.416 e. The van der Waals surface area contributed by atoms with Crippen LogP contribution in [0, 0.1) is 5.92 Å². The Bertz CT molecular complexity index is 1000. The predicted molar refractivity (Wildman–Crippen MR) is 122 cm³/mol. The van der Waals surface area contributed by atoms with E-state index in [-0.39, 0.29) is 6.04 Å². The van der Waals surface area contributed by atoms with Gasteiger partial charge in [-0.25, -0.2) is 0 Å². The summed E-state index contributed by atoms with van der Waals surface area (Å²) >= 11 is 0. The van der Waals surface area contributed by atoms with Gasteiger partial charge in [-0.2, -0.15) is 13.2 Å². The average molecular weight is 459 g/mol. The van der Waals surface area contributed by atoms with E-state index in [1.54, 1.807) is 24.0 Å². The third kappa shape index (κ3) is 5.34. The van der Waals surface area contributed by atoms with E-state index in [0.717, 1.165) is 36.8 Å². The Morgan fingerprint density at radius 2 is 1.79 bits per heavy atom. The number of amides is 1. The van der Waals surface area contributed by atoms with Crippen molar-refractivity contribution in [3.05, 3.63) is 70.8 Å². The van der Waals surface area contributed by atoms with Gasteiger partial charge < -0.3 is 4.90 Å². The molecule has 1 fully saturated rings. The number of halogens is 3. The number of alkyl halides is 3. The van der Waals surface area contributed by atoms with Crippen LogP contribution in [0.1, 0.15) is 79.5 Å². The largest absolute Gasteiger partial charge is 0.416 e. The van der Waals surface area contributed by atoms with Crippen molar-refractivity contribution in [1.82, 2.24) is 4.90 Å². The fourth-order valence-electron chi connectivity index (χ4n) is 4.76. The molecule has 0 spiro atoms. The summed E-state index contributed by atoms with van der Waals surface area (Å²) in [6.45, 7) is 5.89. The quantitative estimate of drug-likeness (QED) is 0.337. The molecule has 3 unspecified atom stereocenters. The van der Waals surface area contributed by atoms with E-state index in [1.807, 2.05) is 19.1 Å². The summed E-state index contributed by atoms with van der Waals surface area (Å²) in [7, 11) is 0. The standard InChI is InChI=1S/C26H29F3N2O2/c1-4-24(22-7-5-20(16-32)6-8-22)31(17-33)25(14-13-18(2)15-25)30-19(3)21-9-11-23(12-10-21)26(27,28)29/h5-12,16-18,24H,4,13-15H2,1-3H3/b30-19+. The van der Waals surface area contributed by atoms with Crippen molar-refractivity contribution in [3.63, 3.8) is 0 Å². The molecule has 0 radical (unpaired) electrons. The van der Waals surface area contributed by atoms with Gasteiger partial charge in [0.25, 0.3) is 0 Å². The highest BCUT2D eigenvalue weighted by Gasteiger charge is 2.45. The van der Waals surface area contributed by atoms with Crippen LogP contribution in [0.25, 0.3) is 0 Å². The van der Waals surface area contributed by atoms with Crippen LogP contribution in [0.15, 0.2) is 53.5 Å². The molecule has 0 aliphatic heterocycles. The Hall–Kier alpha value is -2.96. The second-order valence-electron chi connectivity index (χ2n) is 8.82. The lowest BCUT2D eigenvalue weighted by Crippen LogP contribution is -2.47. The lowest BCUT2D eigenvalue weighted by atomic mass is 9.96. The molecule has 3 atom stereocenters. The molecule has 2 aromatic carbocycles. The Kier molecular flexibility index (Phi) is 7.40. The van der Waals surface area contributed by atoms with Gasteiger partial charge in [0.1, 0.15) is 11.9 Å². The summed E-state index contributed by atoms with van der Waals surface area (Å²) in [5, 5.41) is 0. The number of nitrogens with zero attached hydrogens (tertiary/aromatic N) is 2. The van der Waals surface area contributed by atoms with Crippen LogP contribution in [0.2, 0.25) is 0 Å². The molecule has 1 amide bonds. The van der Waals surface area contributed by atoms with Crippen LogP contribution in [-0.2, 0) is 11.0 Å². The molecule has 1 saturated carbocycles. The monoisotopic (exact) mass is 458 g/mol. The molecule has 7 heteroatoms. The Morgan fingerprint density at radius 1 is 1.15 bits per heavy atom. The second-order valence-corrected chi connectivity index (χ2v) is 8.82. The van der Waals surface area contributed by atoms with E-state index in [1.165, 1.54) is 12.1 Å². The minimum Gasteiger partial charge on any atom is -0.313 e. The second kappa shape index (κ2) is 9.89. The molecular formula is C26H29F3N2O2. The molecule has 0 saturated heterocycles. The van der Waals surface area contributed by atoms with Crippen molar-refractivity contribution < 1.29 is 22.8 Å². The zero-order valence-electron chi connectivity index (χ0n) is 19.1. The number of carbonyl (C=O) groups excluding carboxylic acids is 2. The first-order valence-corrected chi connectivity index (χ1v) is 11.2. The van der Waals surface area contributed by atoms with Gasteiger partial charge >= 0.3 is 6.18 Å². The van der Waals surface area contributed by atoms with Crippen LogP contribution in [0.3, 0.4) is 0 Å². The summed E-state index contributed by atoms with van der Waals surface area (Å²) in [4.78, 5) is 30.2. The first-order valence-electron chi connectivity index (χ1n) is 11.2. The molecule has 1 aliphatic carbocycles. The maximum absolute atomic E-state index is 12.9. The van der Waals surface area contributed by atoms with Crippen LogP contribution < -0.4 is 0 Å². The zero-order valence-corrected chi connectivity index (χ0v) is 19.1. The van der Waals surface area contributed by atoms with Gasteiger partial charge in [0.05, 0.1) is 11.6 Å². The van der Waals surface area contributed by atoms with Crippen molar-refractivity contribution in [2.45, 2.75) is 64.3 Å². The average Bonchev–Trinajstić information content (AvgIpc) is 3.17. The van der Waals surface area contributed by atoms with Crippen molar-refractivity contribution in [2.75, 3.05) is 0 Å². The van der Waals surface area contributed by atoms with E-state index in [2.05, 4.69) is 6.92 Å². The third-order valence-corrected chi connectivity index (χ3v) is 6.49. The lowest BCUT2D eigenvalue weighted by Gasteiger charge is -2.41. The fourth-order valence-corrected chi connectivity index (χ4v) is 4.76. The number of aldehydes is 1. The molecule has 2 aromatic rings. The van der Waals surface area contributed by atoms with Gasteiger partial charge in [-0.15, -0.1) is 0 Å². The highest BCUT2D eigenvalue weighted by Crippen LogP contribution is 2.44. The highest BCUT2D eigenvalue weighted by atomic mass is 19.4. The smallest absolute Gasteiger partial charge is 0.313 e. The Morgan fingerprint density at radius 3 is 2.24 bits per heavy atom. The minimum absolute atomic E-state index is 0.238. The Labute approximate surface area is 192 Å². The number of hydrogen-bond donors (Lipinski definition) is 0. The van der Waals surface area contributed by atoms with Crippen molar-refractivity contribution in [1.29, 1.82) is 0 Å². The van der Waals surface area contributed by atoms with Gasteiger partial charge in [0, 0.05) is 11.3 Å². The first kappa shape index (κ1) is 24.7. The molecule has 1 aliphatic rings. The molecule has 4 nitrogen and oxygen atoms in total. The number of benzene rings is 2. The molecule has 33 heavy (non-hydrogen) atoms. The van der Waals surface area contributed by atoms with Crippen LogP contribution >= 0.6 is 0 Å². The predicted octanol–water partition coefficient (Wildman–Crippen LogP) is 6.45. The molecule has 3 rings (SSSR count). The summed E-state index contributed by atoms with van der Waals surface area (Å²) in [5.74, 6) is 0.353. The molecule has 0 heterocycles. The summed E-state index contributed by atoms with van der Waals surface area (Å²) in [6.07, 6.45) is 0.121. The Balaban J connectivity index is 2.00. The molecule has 0 bridgehead atoms. The summed E-state index contributed by atoms with van der Waals surface area (Å²) < 4.78 is 38.8. The van der Waals surface area contributed by atoms with E-state index < -0.39 is 17.4 Å². The number of carbonyl (C=O) groups is 2. The number of rotatable bonds is 8.